The monoisotopic (exact) mass is 253 g/mol. The summed E-state index contributed by atoms with van der Waals surface area (Å²) in [7, 11) is -3.97. The zero-order chi connectivity index (χ0) is 12.3. The molecule has 0 aliphatic carbocycles. The summed E-state index contributed by atoms with van der Waals surface area (Å²) in [5.41, 5.74) is 0. The van der Waals surface area contributed by atoms with E-state index in [2.05, 4.69) is 14.7 Å². The van der Waals surface area contributed by atoms with Crippen LogP contribution in [0.1, 0.15) is 0 Å². The summed E-state index contributed by atoms with van der Waals surface area (Å²) in [6.07, 6.45) is 3.97. The van der Waals surface area contributed by atoms with Gasteiger partial charge in [0, 0.05) is 12.4 Å². The van der Waals surface area contributed by atoms with Gasteiger partial charge in [0.25, 0.3) is 10.0 Å². The third-order valence-corrected chi connectivity index (χ3v) is 3.32. The smallest absolute Gasteiger partial charge is 0.262 e. The second-order valence-electron chi connectivity index (χ2n) is 3.13. The highest BCUT2D eigenvalue weighted by Gasteiger charge is 2.18. The van der Waals surface area contributed by atoms with Crippen molar-refractivity contribution >= 4 is 15.8 Å². The van der Waals surface area contributed by atoms with Crippen LogP contribution in [0.25, 0.3) is 0 Å². The molecule has 0 atom stereocenters. The normalized spacial score (nSPS) is 11.1. The number of nitrogens with zero attached hydrogens (tertiary/aromatic N) is 2. The number of anilines is 1. The molecule has 2 aromatic rings. The minimum absolute atomic E-state index is 0.0377. The Bertz CT molecular complexity index is 616. The van der Waals surface area contributed by atoms with Crippen LogP contribution in [0, 0.1) is 5.82 Å². The van der Waals surface area contributed by atoms with Gasteiger partial charge in [-0.1, -0.05) is 12.1 Å². The van der Waals surface area contributed by atoms with E-state index >= 15 is 0 Å². The Labute approximate surface area is 97.4 Å². The topological polar surface area (TPSA) is 72.0 Å². The fourth-order valence-electron chi connectivity index (χ4n) is 1.21. The number of benzene rings is 1. The number of rotatable bonds is 3. The van der Waals surface area contributed by atoms with E-state index in [-0.39, 0.29) is 5.82 Å². The first-order chi connectivity index (χ1) is 8.09. The van der Waals surface area contributed by atoms with E-state index in [0.717, 1.165) is 6.07 Å². The summed E-state index contributed by atoms with van der Waals surface area (Å²) in [4.78, 5) is 7.02. The lowest BCUT2D eigenvalue weighted by Crippen LogP contribution is -2.15. The Morgan fingerprint density at radius 2 is 1.94 bits per heavy atom. The van der Waals surface area contributed by atoms with E-state index in [9.17, 15) is 12.8 Å². The van der Waals surface area contributed by atoms with Crippen LogP contribution in [0.3, 0.4) is 0 Å². The molecule has 1 N–H and O–H groups in total. The van der Waals surface area contributed by atoms with Crippen LogP contribution in [0.2, 0.25) is 0 Å². The van der Waals surface area contributed by atoms with Gasteiger partial charge in [0.15, 0.2) is 5.82 Å². The third kappa shape index (κ3) is 2.56. The molecule has 0 saturated carbocycles. The molecule has 0 unspecified atom stereocenters. The number of nitrogens with one attached hydrogen (secondary N) is 1. The van der Waals surface area contributed by atoms with Gasteiger partial charge in [-0.05, 0) is 12.1 Å². The molecule has 0 spiro atoms. The van der Waals surface area contributed by atoms with Crippen LogP contribution >= 0.6 is 0 Å². The Kier molecular flexibility index (Phi) is 3.01. The lowest BCUT2D eigenvalue weighted by molar-refractivity contribution is 0.570. The minimum atomic E-state index is -3.97. The predicted octanol–water partition coefficient (Wildman–Crippen LogP) is 1.42. The molecule has 0 fully saturated rings. The number of halogens is 1. The van der Waals surface area contributed by atoms with Crippen molar-refractivity contribution in [1.29, 1.82) is 0 Å². The molecule has 0 radical (unpaired) electrons. The van der Waals surface area contributed by atoms with Crippen molar-refractivity contribution in [2.75, 3.05) is 4.72 Å². The molecule has 0 amide bonds. The zero-order valence-electron chi connectivity index (χ0n) is 8.54. The van der Waals surface area contributed by atoms with Crippen molar-refractivity contribution in [2.24, 2.45) is 0 Å². The Hall–Kier alpha value is -2.02. The Morgan fingerprint density at radius 3 is 2.59 bits per heavy atom. The molecule has 7 heteroatoms. The molecule has 0 saturated heterocycles. The maximum absolute atomic E-state index is 13.3. The van der Waals surface area contributed by atoms with E-state index in [1.165, 1.54) is 36.8 Å². The lowest BCUT2D eigenvalue weighted by atomic mass is 10.4. The number of aromatic nitrogens is 2. The Morgan fingerprint density at radius 1 is 1.18 bits per heavy atom. The summed E-state index contributed by atoms with van der Waals surface area (Å²) in [5.74, 6) is -0.778. The SMILES string of the molecule is O=S(=O)(Nc1cnccn1)c1ccccc1F. The van der Waals surface area contributed by atoms with Gasteiger partial charge < -0.3 is 0 Å². The maximum atomic E-state index is 13.3. The summed E-state index contributed by atoms with van der Waals surface area (Å²) >= 11 is 0. The highest BCUT2D eigenvalue weighted by Crippen LogP contribution is 2.16. The third-order valence-electron chi connectivity index (χ3n) is 1.93. The van der Waals surface area contributed by atoms with Gasteiger partial charge in [0.05, 0.1) is 6.20 Å². The maximum Gasteiger partial charge on any atom is 0.266 e. The van der Waals surface area contributed by atoms with E-state index in [1.807, 2.05) is 0 Å². The van der Waals surface area contributed by atoms with Crippen LogP contribution in [0.5, 0.6) is 0 Å². The van der Waals surface area contributed by atoms with Gasteiger partial charge in [-0.25, -0.2) is 17.8 Å². The van der Waals surface area contributed by atoms with Gasteiger partial charge in [-0.15, -0.1) is 0 Å². The first-order valence-corrected chi connectivity index (χ1v) is 6.11. The number of sulfonamides is 1. The molecule has 0 aliphatic heterocycles. The molecule has 1 heterocycles. The molecule has 1 aromatic heterocycles. The minimum Gasteiger partial charge on any atom is -0.262 e. The fraction of sp³-hybridized carbons (Fsp3) is 0. The highest BCUT2D eigenvalue weighted by atomic mass is 32.2. The molecule has 2 rings (SSSR count). The number of hydrogen-bond acceptors (Lipinski definition) is 4. The second-order valence-corrected chi connectivity index (χ2v) is 4.78. The van der Waals surface area contributed by atoms with Crippen molar-refractivity contribution < 1.29 is 12.8 Å². The van der Waals surface area contributed by atoms with Crippen LogP contribution in [-0.4, -0.2) is 18.4 Å². The second kappa shape index (κ2) is 4.46. The fourth-order valence-corrected chi connectivity index (χ4v) is 2.28. The van der Waals surface area contributed by atoms with Gasteiger partial charge in [0.1, 0.15) is 10.7 Å². The van der Waals surface area contributed by atoms with E-state index in [4.69, 9.17) is 0 Å². The summed E-state index contributed by atoms with van der Waals surface area (Å²) < 4.78 is 39.1. The van der Waals surface area contributed by atoms with Crippen LogP contribution in [0.15, 0.2) is 47.8 Å². The van der Waals surface area contributed by atoms with Crippen molar-refractivity contribution in [1.82, 2.24) is 9.97 Å². The summed E-state index contributed by atoms with van der Waals surface area (Å²) in [6, 6.07) is 5.10. The van der Waals surface area contributed by atoms with Crippen molar-refractivity contribution in [3.63, 3.8) is 0 Å². The molecule has 0 aliphatic rings. The van der Waals surface area contributed by atoms with Crippen molar-refractivity contribution in [3.05, 3.63) is 48.7 Å². The van der Waals surface area contributed by atoms with Crippen LogP contribution < -0.4 is 4.72 Å². The van der Waals surface area contributed by atoms with Gasteiger partial charge >= 0.3 is 0 Å². The average molecular weight is 253 g/mol. The quantitative estimate of drug-likeness (QED) is 0.897. The molecular weight excluding hydrogens is 245 g/mol. The van der Waals surface area contributed by atoms with Gasteiger partial charge in [0.2, 0.25) is 0 Å². The van der Waals surface area contributed by atoms with Crippen LogP contribution in [-0.2, 0) is 10.0 Å². The van der Waals surface area contributed by atoms with Gasteiger partial charge in [-0.2, -0.15) is 0 Å². The van der Waals surface area contributed by atoms with Gasteiger partial charge in [-0.3, -0.25) is 9.71 Å². The summed E-state index contributed by atoms with van der Waals surface area (Å²) in [5, 5.41) is 0. The number of hydrogen-bond donors (Lipinski definition) is 1. The first-order valence-electron chi connectivity index (χ1n) is 4.63. The molecule has 5 nitrogen and oxygen atoms in total. The zero-order valence-corrected chi connectivity index (χ0v) is 9.36. The molecule has 88 valence electrons. The van der Waals surface area contributed by atoms with E-state index < -0.39 is 20.7 Å². The molecular formula is C10H8FN3O2S. The molecule has 0 bridgehead atoms. The first kappa shape index (κ1) is 11.5. The summed E-state index contributed by atoms with van der Waals surface area (Å²) in [6.45, 7) is 0. The van der Waals surface area contributed by atoms with E-state index in [1.54, 1.807) is 0 Å². The molecule has 17 heavy (non-hydrogen) atoms. The van der Waals surface area contributed by atoms with E-state index in [0.29, 0.717) is 0 Å². The molecule has 1 aromatic carbocycles. The predicted molar refractivity (Wildman–Crippen MR) is 59.2 cm³/mol. The Balaban J connectivity index is 2.36. The largest absolute Gasteiger partial charge is 0.266 e. The van der Waals surface area contributed by atoms with Crippen molar-refractivity contribution in [2.45, 2.75) is 4.90 Å². The lowest BCUT2D eigenvalue weighted by Gasteiger charge is -2.06. The van der Waals surface area contributed by atoms with Crippen LogP contribution in [0.4, 0.5) is 10.2 Å². The average Bonchev–Trinajstić information content (AvgIpc) is 2.30. The highest BCUT2D eigenvalue weighted by molar-refractivity contribution is 7.92. The standard InChI is InChI=1S/C10H8FN3O2S/c11-8-3-1-2-4-9(8)17(15,16)14-10-7-12-5-6-13-10/h1-7H,(H,13,14). The van der Waals surface area contributed by atoms with Crippen molar-refractivity contribution in [3.8, 4) is 0 Å².